The molecule has 0 unspecified atom stereocenters. The predicted molar refractivity (Wildman–Crippen MR) is 63.7 cm³/mol. The Hall–Kier alpha value is -2.44. The molecule has 2 aromatic rings. The fourth-order valence-corrected chi connectivity index (χ4v) is 1.68. The van der Waals surface area contributed by atoms with Crippen molar-refractivity contribution in [1.82, 2.24) is 9.55 Å². The Labute approximate surface area is 107 Å². The summed E-state index contributed by atoms with van der Waals surface area (Å²) in [6, 6.07) is 3.86. The molecule has 0 spiro atoms. The van der Waals surface area contributed by atoms with Crippen LogP contribution in [0.25, 0.3) is 11.3 Å². The molecule has 0 aliphatic rings. The lowest BCUT2D eigenvalue weighted by atomic mass is 10.1. The Morgan fingerprint density at radius 3 is 2.79 bits per heavy atom. The number of alkyl halides is 1. The number of nitrogens with two attached hydrogens (primary N) is 1. The third-order valence-electron chi connectivity index (χ3n) is 2.53. The van der Waals surface area contributed by atoms with E-state index in [9.17, 15) is 13.6 Å². The average Bonchev–Trinajstić information content (AvgIpc) is 2.72. The third kappa shape index (κ3) is 2.54. The van der Waals surface area contributed by atoms with Crippen molar-refractivity contribution in [2.24, 2.45) is 12.8 Å². The van der Waals surface area contributed by atoms with E-state index in [1.54, 1.807) is 7.05 Å². The van der Waals surface area contributed by atoms with E-state index in [0.29, 0.717) is 0 Å². The first kappa shape index (κ1) is 13.0. The van der Waals surface area contributed by atoms with Crippen LogP contribution in [0.5, 0.6) is 5.75 Å². The van der Waals surface area contributed by atoms with Crippen LogP contribution < -0.4 is 10.5 Å². The lowest BCUT2D eigenvalue weighted by Gasteiger charge is -2.03. The number of primary amides is 1. The van der Waals surface area contributed by atoms with Crippen LogP contribution in [0.2, 0.25) is 0 Å². The zero-order chi connectivity index (χ0) is 14.0. The van der Waals surface area contributed by atoms with Gasteiger partial charge in [-0.1, -0.05) is 0 Å². The first-order valence-corrected chi connectivity index (χ1v) is 5.34. The molecule has 1 aromatic heterocycles. The molecule has 0 aliphatic carbocycles. The highest BCUT2D eigenvalue weighted by molar-refractivity contribution is 5.90. The highest BCUT2D eigenvalue weighted by Gasteiger charge is 2.14. The number of aryl methyl sites for hydroxylation is 1. The molecule has 100 valence electrons. The fourth-order valence-electron chi connectivity index (χ4n) is 1.68. The monoisotopic (exact) mass is 267 g/mol. The molecule has 1 aromatic carbocycles. The van der Waals surface area contributed by atoms with Crippen molar-refractivity contribution in [3.8, 4) is 17.0 Å². The van der Waals surface area contributed by atoms with Crippen molar-refractivity contribution >= 4 is 5.91 Å². The van der Waals surface area contributed by atoms with E-state index < -0.39 is 18.6 Å². The predicted octanol–water partition coefficient (Wildman–Crippen LogP) is 1.63. The van der Waals surface area contributed by atoms with Gasteiger partial charge in [0.15, 0.2) is 5.82 Å². The van der Waals surface area contributed by atoms with Gasteiger partial charge >= 0.3 is 0 Å². The summed E-state index contributed by atoms with van der Waals surface area (Å²) in [5, 5.41) is 0. The minimum absolute atomic E-state index is 0.0264. The van der Waals surface area contributed by atoms with E-state index >= 15 is 0 Å². The molecule has 0 aliphatic heterocycles. The zero-order valence-corrected chi connectivity index (χ0v) is 10.1. The zero-order valence-electron chi connectivity index (χ0n) is 10.1. The van der Waals surface area contributed by atoms with Gasteiger partial charge in [-0.25, -0.2) is 13.8 Å². The molecule has 2 N–H and O–H groups in total. The summed E-state index contributed by atoms with van der Waals surface area (Å²) in [5.41, 5.74) is 5.57. The van der Waals surface area contributed by atoms with Gasteiger partial charge in [0, 0.05) is 24.9 Å². The summed E-state index contributed by atoms with van der Waals surface area (Å²) in [4.78, 5) is 15.0. The molecule has 0 radical (unpaired) electrons. The Kier molecular flexibility index (Phi) is 3.46. The second-order valence-corrected chi connectivity index (χ2v) is 3.82. The molecule has 0 atom stereocenters. The topological polar surface area (TPSA) is 70.1 Å². The standard InChI is InChI=1S/C12H11F2N3O2/c1-17-5-10(16-12(17)11(15)18)8-3-2-7(19-6-13)4-9(8)14/h2-5H,6H2,1H3,(H2,15,18). The fraction of sp³-hybridized carbons (Fsp3) is 0.167. The number of amides is 1. The highest BCUT2D eigenvalue weighted by Crippen LogP contribution is 2.25. The van der Waals surface area contributed by atoms with Crippen LogP contribution in [0, 0.1) is 5.82 Å². The van der Waals surface area contributed by atoms with E-state index in [1.165, 1.54) is 22.9 Å². The first-order valence-electron chi connectivity index (χ1n) is 5.34. The maximum absolute atomic E-state index is 13.8. The number of hydrogen-bond acceptors (Lipinski definition) is 3. The summed E-state index contributed by atoms with van der Waals surface area (Å²) in [7, 11) is 1.58. The van der Waals surface area contributed by atoms with Gasteiger partial charge in [0.2, 0.25) is 6.86 Å². The van der Waals surface area contributed by atoms with Gasteiger partial charge < -0.3 is 15.0 Å². The number of rotatable bonds is 4. The number of benzene rings is 1. The minimum atomic E-state index is -1.03. The van der Waals surface area contributed by atoms with Crippen LogP contribution in [0.15, 0.2) is 24.4 Å². The van der Waals surface area contributed by atoms with Crippen LogP contribution in [0.4, 0.5) is 8.78 Å². The number of hydrogen-bond donors (Lipinski definition) is 1. The van der Waals surface area contributed by atoms with Gasteiger partial charge in [0.1, 0.15) is 11.6 Å². The second-order valence-electron chi connectivity index (χ2n) is 3.82. The molecule has 0 fully saturated rings. The molecule has 0 bridgehead atoms. The van der Waals surface area contributed by atoms with Crippen LogP contribution in [0.3, 0.4) is 0 Å². The largest absolute Gasteiger partial charge is 0.463 e. The molecule has 7 heteroatoms. The van der Waals surface area contributed by atoms with Gasteiger partial charge in [-0.05, 0) is 12.1 Å². The van der Waals surface area contributed by atoms with Crippen molar-refractivity contribution in [2.45, 2.75) is 0 Å². The summed E-state index contributed by atoms with van der Waals surface area (Å²) in [5.74, 6) is -1.22. The van der Waals surface area contributed by atoms with Crippen molar-refractivity contribution in [3.05, 3.63) is 36.0 Å². The van der Waals surface area contributed by atoms with Crippen molar-refractivity contribution in [2.75, 3.05) is 6.86 Å². The lowest BCUT2D eigenvalue weighted by Crippen LogP contribution is -2.16. The summed E-state index contributed by atoms with van der Waals surface area (Å²) in [6.45, 7) is -1.03. The molecule has 2 rings (SSSR count). The van der Waals surface area contributed by atoms with E-state index in [2.05, 4.69) is 9.72 Å². The quantitative estimate of drug-likeness (QED) is 0.915. The highest BCUT2D eigenvalue weighted by atomic mass is 19.1. The van der Waals surface area contributed by atoms with Crippen LogP contribution in [-0.2, 0) is 7.05 Å². The van der Waals surface area contributed by atoms with Gasteiger partial charge in [-0.2, -0.15) is 0 Å². The third-order valence-corrected chi connectivity index (χ3v) is 2.53. The molecule has 5 nitrogen and oxygen atoms in total. The van der Waals surface area contributed by atoms with Crippen LogP contribution >= 0.6 is 0 Å². The van der Waals surface area contributed by atoms with Gasteiger partial charge in [0.05, 0.1) is 5.69 Å². The van der Waals surface area contributed by atoms with Crippen molar-refractivity contribution in [1.29, 1.82) is 0 Å². The van der Waals surface area contributed by atoms with E-state index in [4.69, 9.17) is 5.73 Å². The first-order chi connectivity index (χ1) is 9.02. The van der Waals surface area contributed by atoms with Crippen LogP contribution in [0.1, 0.15) is 10.6 Å². The Morgan fingerprint density at radius 2 is 2.26 bits per heavy atom. The molecular formula is C12H11F2N3O2. The summed E-state index contributed by atoms with van der Waals surface area (Å²) >= 11 is 0. The lowest BCUT2D eigenvalue weighted by molar-refractivity contribution is 0.0987. The summed E-state index contributed by atoms with van der Waals surface area (Å²) < 4.78 is 31.7. The molecule has 19 heavy (non-hydrogen) atoms. The van der Waals surface area contributed by atoms with Crippen molar-refractivity contribution in [3.63, 3.8) is 0 Å². The Balaban J connectivity index is 2.42. The van der Waals surface area contributed by atoms with E-state index in [-0.39, 0.29) is 22.8 Å². The number of nitrogens with zero attached hydrogens (tertiary/aromatic N) is 2. The van der Waals surface area contributed by atoms with Gasteiger partial charge in [-0.15, -0.1) is 0 Å². The maximum Gasteiger partial charge on any atom is 0.284 e. The normalized spacial score (nSPS) is 10.5. The molecule has 1 amide bonds. The number of ether oxygens (including phenoxy) is 1. The molecule has 0 saturated heterocycles. The molecule has 0 saturated carbocycles. The molecular weight excluding hydrogens is 256 g/mol. The van der Waals surface area contributed by atoms with Gasteiger partial charge in [0.25, 0.3) is 5.91 Å². The minimum Gasteiger partial charge on any atom is -0.463 e. The smallest absolute Gasteiger partial charge is 0.284 e. The van der Waals surface area contributed by atoms with E-state index in [0.717, 1.165) is 6.07 Å². The number of carbonyl (C=O) groups excluding carboxylic acids is 1. The Morgan fingerprint density at radius 1 is 1.53 bits per heavy atom. The SMILES string of the molecule is Cn1cc(-c2ccc(OCF)cc2F)nc1C(N)=O. The number of halogens is 2. The Bertz CT molecular complexity index is 625. The average molecular weight is 267 g/mol. The number of carbonyl (C=O) groups is 1. The summed E-state index contributed by atoms with van der Waals surface area (Å²) in [6.07, 6.45) is 1.48. The maximum atomic E-state index is 13.8. The van der Waals surface area contributed by atoms with Crippen molar-refractivity contribution < 1.29 is 18.3 Å². The van der Waals surface area contributed by atoms with Gasteiger partial charge in [-0.3, -0.25) is 4.79 Å². The van der Waals surface area contributed by atoms with Crippen LogP contribution in [-0.4, -0.2) is 22.3 Å². The van der Waals surface area contributed by atoms with E-state index in [1.807, 2.05) is 0 Å². The second kappa shape index (κ2) is 5.05. The number of imidazole rings is 1. The molecule has 1 heterocycles. The number of aromatic nitrogens is 2.